The lowest BCUT2D eigenvalue weighted by atomic mass is 10.1. The molecule has 128 valence electrons. The van der Waals surface area contributed by atoms with E-state index in [4.69, 9.17) is 14.3 Å². The van der Waals surface area contributed by atoms with Crippen molar-refractivity contribution in [3.8, 4) is 17.1 Å². The fraction of sp³-hybridized carbons (Fsp3) is 0.105. The predicted octanol–water partition coefficient (Wildman–Crippen LogP) is 4.22. The molecule has 3 aromatic rings. The van der Waals surface area contributed by atoms with Gasteiger partial charge in [0.1, 0.15) is 23.9 Å². The van der Waals surface area contributed by atoms with Crippen LogP contribution in [0.25, 0.3) is 11.3 Å². The number of hydrogen-bond donors (Lipinski definition) is 2. The van der Waals surface area contributed by atoms with Crippen LogP contribution in [0, 0.1) is 0 Å². The Morgan fingerprint density at radius 2 is 1.92 bits per heavy atom. The van der Waals surface area contributed by atoms with Gasteiger partial charge in [-0.05, 0) is 48.5 Å². The second kappa shape index (κ2) is 8.00. The van der Waals surface area contributed by atoms with Crippen molar-refractivity contribution in [3.63, 3.8) is 0 Å². The smallest absolute Gasteiger partial charge is 0.262 e. The number of halogens is 1. The van der Waals surface area contributed by atoms with Crippen molar-refractivity contribution in [2.75, 3.05) is 11.9 Å². The maximum absolute atomic E-state index is 12.0. The molecule has 0 aliphatic carbocycles. The molecule has 0 atom stereocenters. The lowest BCUT2D eigenvalue weighted by Gasteiger charge is -2.08. The molecular formula is C19H16BrNO4. The number of carbonyl (C=O) groups excluding carboxylic acids is 1. The number of rotatable bonds is 6. The van der Waals surface area contributed by atoms with Crippen LogP contribution in [0.15, 0.2) is 69.6 Å². The van der Waals surface area contributed by atoms with Crippen molar-refractivity contribution < 1.29 is 19.1 Å². The number of hydrogen-bond acceptors (Lipinski definition) is 4. The summed E-state index contributed by atoms with van der Waals surface area (Å²) in [5.74, 6) is 1.49. The quantitative estimate of drug-likeness (QED) is 0.648. The third-order valence-corrected chi connectivity index (χ3v) is 3.96. The standard InChI is InChI=1S/C19H16BrNO4/c20-14-4-6-16(7-5-14)24-12-19(23)21-15-3-1-2-13(10-15)18-9-8-17(11-22)25-18/h1-10,22H,11-12H2,(H,21,23). The van der Waals surface area contributed by atoms with Crippen LogP contribution < -0.4 is 10.1 Å². The molecule has 3 rings (SSSR count). The number of anilines is 1. The number of ether oxygens (including phenoxy) is 1. The minimum Gasteiger partial charge on any atom is -0.484 e. The molecule has 2 aromatic carbocycles. The van der Waals surface area contributed by atoms with E-state index in [1.807, 2.05) is 24.3 Å². The second-order valence-electron chi connectivity index (χ2n) is 5.30. The number of aliphatic hydroxyl groups is 1. The third-order valence-electron chi connectivity index (χ3n) is 3.43. The van der Waals surface area contributed by atoms with Crippen molar-refractivity contribution >= 4 is 27.5 Å². The van der Waals surface area contributed by atoms with Gasteiger partial charge in [-0.3, -0.25) is 4.79 Å². The highest BCUT2D eigenvalue weighted by atomic mass is 79.9. The first-order valence-corrected chi connectivity index (χ1v) is 8.41. The summed E-state index contributed by atoms with van der Waals surface area (Å²) in [6, 6.07) is 18.0. The van der Waals surface area contributed by atoms with Crippen LogP contribution in [-0.4, -0.2) is 17.6 Å². The molecule has 2 N–H and O–H groups in total. The Balaban J connectivity index is 1.61. The van der Waals surface area contributed by atoms with Crippen molar-refractivity contribution in [2.45, 2.75) is 6.61 Å². The Labute approximate surface area is 153 Å². The Bertz CT molecular complexity index is 858. The first kappa shape index (κ1) is 17.3. The van der Waals surface area contributed by atoms with Crippen LogP contribution in [0.1, 0.15) is 5.76 Å². The number of aliphatic hydroxyl groups excluding tert-OH is 1. The van der Waals surface area contributed by atoms with Crippen LogP contribution >= 0.6 is 15.9 Å². The molecule has 0 radical (unpaired) electrons. The maximum atomic E-state index is 12.0. The first-order chi connectivity index (χ1) is 12.1. The summed E-state index contributed by atoms with van der Waals surface area (Å²) >= 11 is 3.35. The zero-order chi connectivity index (χ0) is 17.6. The van der Waals surface area contributed by atoms with Crippen molar-refractivity contribution in [2.24, 2.45) is 0 Å². The molecule has 0 saturated heterocycles. The average Bonchev–Trinajstić information content (AvgIpc) is 3.11. The van der Waals surface area contributed by atoms with Gasteiger partial charge in [-0.2, -0.15) is 0 Å². The van der Waals surface area contributed by atoms with Crippen molar-refractivity contribution in [3.05, 3.63) is 70.9 Å². The Kier molecular flexibility index (Phi) is 5.53. The van der Waals surface area contributed by atoms with E-state index in [-0.39, 0.29) is 19.1 Å². The van der Waals surface area contributed by atoms with Crippen LogP contribution in [0.5, 0.6) is 5.75 Å². The largest absolute Gasteiger partial charge is 0.484 e. The van der Waals surface area contributed by atoms with Gasteiger partial charge in [0.2, 0.25) is 0 Å². The molecule has 5 nitrogen and oxygen atoms in total. The Morgan fingerprint density at radius 1 is 1.12 bits per heavy atom. The molecular weight excluding hydrogens is 386 g/mol. The van der Waals surface area contributed by atoms with Gasteiger partial charge >= 0.3 is 0 Å². The summed E-state index contributed by atoms with van der Waals surface area (Å²) in [5, 5.41) is 11.9. The maximum Gasteiger partial charge on any atom is 0.262 e. The molecule has 1 amide bonds. The summed E-state index contributed by atoms with van der Waals surface area (Å²) in [6.07, 6.45) is 0. The summed E-state index contributed by atoms with van der Waals surface area (Å²) in [6.45, 7) is -0.231. The fourth-order valence-corrected chi connectivity index (χ4v) is 2.51. The van der Waals surface area contributed by atoms with Gasteiger partial charge < -0.3 is 19.6 Å². The molecule has 0 bridgehead atoms. The first-order valence-electron chi connectivity index (χ1n) is 7.62. The summed E-state index contributed by atoms with van der Waals surface area (Å²) in [4.78, 5) is 12.0. The zero-order valence-corrected chi connectivity index (χ0v) is 14.8. The lowest BCUT2D eigenvalue weighted by molar-refractivity contribution is -0.118. The van der Waals surface area contributed by atoms with Gasteiger partial charge in [0.25, 0.3) is 5.91 Å². The van der Waals surface area contributed by atoms with Crippen LogP contribution in [0.3, 0.4) is 0 Å². The van der Waals surface area contributed by atoms with E-state index in [1.165, 1.54) is 0 Å². The van der Waals surface area contributed by atoms with Gasteiger partial charge in [0, 0.05) is 15.7 Å². The Hall–Kier alpha value is -2.57. The Morgan fingerprint density at radius 3 is 2.64 bits per heavy atom. The van der Waals surface area contributed by atoms with E-state index < -0.39 is 0 Å². The predicted molar refractivity (Wildman–Crippen MR) is 98.3 cm³/mol. The second-order valence-corrected chi connectivity index (χ2v) is 6.21. The highest BCUT2D eigenvalue weighted by molar-refractivity contribution is 9.10. The molecule has 1 heterocycles. The van der Waals surface area contributed by atoms with E-state index >= 15 is 0 Å². The molecule has 0 unspecified atom stereocenters. The van der Waals surface area contributed by atoms with Crippen LogP contribution in [0.4, 0.5) is 5.69 Å². The molecule has 0 saturated carbocycles. The van der Waals surface area contributed by atoms with Gasteiger partial charge in [-0.15, -0.1) is 0 Å². The third kappa shape index (κ3) is 4.71. The van der Waals surface area contributed by atoms with Crippen LogP contribution in [-0.2, 0) is 11.4 Å². The minimum absolute atomic E-state index is 0.0821. The van der Waals surface area contributed by atoms with Gasteiger partial charge in [-0.25, -0.2) is 0 Å². The number of furan rings is 1. The van der Waals surface area contributed by atoms with E-state index in [0.717, 1.165) is 10.0 Å². The summed E-state index contributed by atoms with van der Waals surface area (Å²) in [7, 11) is 0. The molecule has 0 fully saturated rings. The SMILES string of the molecule is O=C(COc1ccc(Br)cc1)Nc1cccc(-c2ccc(CO)o2)c1. The van der Waals surface area contributed by atoms with Crippen molar-refractivity contribution in [1.29, 1.82) is 0 Å². The monoisotopic (exact) mass is 401 g/mol. The summed E-state index contributed by atoms with van der Waals surface area (Å²) < 4.78 is 11.9. The van der Waals surface area contributed by atoms with Crippen molar-refractivity contribution in [1.82, 2.24) is 0 Å². The van der Waals surface area contributed by atoms with E-state index in [2.05, 4.69) is 21.2 Å². The highest BCUT2D eigenvalue weighted by Gasteiger charge is 2.08. The highest BCUT2D eigenvalue weighted by Crippen LogP contribution is 2.25. The molecule has 1 aromatic heterocycles. The lowest BCUT2D eigenvalue weighted by Crippen LogP contribution is -2.20. The van der Waals surface area contributed by atoms with Gasteiger partial charge in [-0.1, -0.05) is 28.1 Å². The number of nitrogens with one attached hydrogen (secondary N) is 1. The molecule has 6 heteroatoms. The molecule has 0 spiro atoms. The van der Waals surface area contributed by atoms with Crippen LogP contribution in [0.2, 0.25) is 0 Å². The zero-order valence-electron chi connectivity index (χ0n) is 13.2. The van der Waals surface area contributed by atoms with Gasteiger partial charge in [0.05, 0.1) is 0 Å². The summed E-state index contributed by atoms with van der Waals surface area (Å²) in [5.41, 5.74) is 1.45. The van der Waals surface area contributed by atoms with E-state index in [9.17, 15) is 4.79 Å². The topological polar surface area (TPSA) is 71.7 Å². The van der Waals surface area contributed by atoms with E-state index in [1.54, 1.807) is 36.4 Å². The minimum atomic E-state index is -0.254. The molecule has 25 heavy (non-hydrogen) atoms. The van der Waals surface area contributed by atoms with Gasteiger partial charge in [0.15, 0.2) is 6.61 Å². The normalized spacial score (nSPS) is 10.5. The van der Waals surface area contributed by atoms with E-state index in [0.29, 0.717) is 23.0 Å². The average molecular weight is 402 g/mol. The number of carbonyl (C=O) groups is 1. The number of benzene rings is 2. The molecule has 0 aliphatic heterocycles. The molecule has 0 aliphatic rings. The fourth-order valence-electron chi connectivity index (χ4n) is 2.25. The number of amides is 1.